The second-order valence-electron chi connectivity index (χ2n) is 3.92. The Morgan fingerprint density at radius 2 is 1.95 bits per heavy atom. The molecule has 0 unspecified atom stereocenters. The van der Waals surface area contributed by atoms with Crippen LogP contribution in [0, 0.1) is 11.3 Å². The van der Waals surface area contributed by atoms with Gasteiger partial charge in [0, 0.05) is 10.0 Å². The molecular formula is C14H8Br2N2O2. The molecule has 4 nitrogen and oxygen atoms in total. The molecule has 0 saturated carbocycles. The molecule has 0 aliphatic rings. The van der Waals surface area contributed by atoms with E-state index in [9.17, 15) is 9.90 Å². The van der Waals surface area contributed by atoms with E-state index in [2.05, 4.69) is 37.2 Å². The van der Waals surface area contributed by atoms with E-state index in [1.54, 1.807) is 30.3 Å². The minimum atomic E-state index is -0.397. The molecule has 1 amide bonds. The van der Waals surface area contributed by atoms with Gasteiger partial charge in [-0.3, -0.25) is 4.79 Å². The van der Waals surface area contributed by atoms with Crippen LogP contribution in [0.1, 0.15) is 15.9 Å². The second kappa shape index (κ2) is 6.07. The van der Waals surface area contributed by atoms with Gasteiger partial charge in [-0.1, -0.05) is 15.9 Å². The maximum absolute atomic E-state index is 12.1. The summed E-state index contributed by atoms with van der Waals surface area (Å²) < 4.78 is 1.27. The quantitative estimate of drug-likeness (QED) is 0.805. The Bertz CT molecular complexity index is 724. The summed E-state index contributed by atoms with van der Waals surface area (Å²) in [6.07, 6.45) is 0. The van der Waals surface area contributed by atoms with Gasteiger partial charge in [-0.2, -0.15) is 5.26 Å². The minimum Gasteiger partial charge on any atom is -0.507 e. The molecule has 100 valence electrons. The van der Waals surface area contributed by atoms with E-state index in [1.807, 2.05) is 6.07 Å². The van der Waals surface area contributed by atoms with Crippen LogP contribution in [0.3, 0.4) is 0 Å². The van der Waals surface area contributed by atoms with Crippen molar-refractivity contribution < 1.29 is 9.90 Å². The average Bonchev–Trinajstić information content (AvgIpc) is 2.43. The average molecular weight is 396 g/mol. The van der Waals surface area contributed by atoms with Crippen LogP contribution in [0.2, 0.25) is 0 Å². The van der Waals surface area contributed by atoms with E-state index in [-0.39, 0.29) is 5.75 Å². The molecule has 2 rings (SSSR count). The molecule has 0 spiro atoms. The topological polar surface area (TPSA) is 73.1 Å². The van der Waals surface area contributed by atoms with E-state index in [0.29, 0.717) is 21.3 Å². The van der Waals surface area contributed by atoms with Gasteiger partial charge < -0.3 is 10.4 Å². The number of carbonyl (C=O) groups excluding carboxylic acids is 1. The fraction of sp³-hybridized carbons (Fsp3) is 0. The van der Waals surface area contributed by atoms with Gasteiger partial charge in [0.1, 0.15) is 11.8 Å². The first-order valence-electron chi connectivity index (χ1n) is 5.51. The highest BCUT2D eigenvalue weighted by atomic mass is 79.9. The maximum Gasteiger partial charge on any atom is 0.255 e. The molecule has 0 bridgehead atoms. The highest BCUT2D eigenvalue weighted by molar-refractivity contribution is 9.10. The number of amides is 1. The highest BCUT2D eigenvalue weighted by Gasteiger charge is 2.11. The van der Waals surface area contributed by atoms with Crippen molar-refractivity contribution in [3.05, 3.63) is 56.5 Å². The Labute approximate surface area is 132 Å². The molecule has 0 heterocycles. The first kappa shape index (κ1) is 14.6. The summed E-state index contributed by atoms with van der Waals surface area (Å²) in [5, 5.41) is 21.2. The fourth-order valence-corrected chi connectivity index (χ4v) is 2.17. The van der Waals surface area contributed by atoms with Gasteiger partial charge in [0.2, 0.25) is 0 Å². The predicted octanol–water partition coefficient (Wildman–Crippen LogP) is 4.04. The Kier molecular flexibility index (Phi) is 4.42. The van der Waals surface area contributed by atoms with E-state index in [4.69, 9.17) is 5.26 Å². The zero-order valence-electron chi connectivity index (χ0n) is 10.0. The number of hydrogen-bond donors (Lipinski definition) is 2. The molecule has 2 N–H and O–H groups in total. The van der Waals surface area contributed by atoms with Crippen LogP contribution in [0.15, 0.2) is 45.3 Å². The Balaban J connectivity index is 2.28. The van der Waals surface area contributed by atoms with E-state index in [1.165, 1.54) is 6.07 Å². The van der Waals surface area contributed by atoms with Gasteiger partial charge in [-0.15, -0.1) is 0 Å². The predicted molar refractivity (Wildman–Crippen MR) is 82.6 cm³/mol. The fourth-order valence-electron chi connectivity index (χ4n) is 1.57. The van der Waals surface area contributed by atoms with Crippen molar-refractivity contribution in [2.45, 2.75) is 0 Å². The summed E-state index contributed by atoms with van der Waals surface area (Å²) >= 11 is 6.41. The van der Waals surface area contributed by atoms with Crippen molar-refractivity contribution in [3.8, 4) is 11.8 Å². The van der Waals surface area contributed by atoms with Gasteiger partial charge in [-0.05, 0) is 52.3 Å². The maximum atomic E-state index is 12.1. The summed E-state index contributed by atoms with van der Waals surface area (Å²) in [5.74, 6) is -0.416. The molecule has 0 aromatic heterocycles. The van der Waals surface area contributed by atoms with Gasteiger partial charge in [0.15, 0.2) is 0 Å². The number of nitriles is 1. The lowest BCUT2D eigenvalue weighted by Crippen LogP contribution is -2.12. The summed E-state index contributed by atoms with van der Waals surface area (Å²) in [4.78, 5) is 12.1. The number of benzene rings is 2. The number of phenols is 1. The van der Waals surface area contributed by atoms with E-state index in [0.717, 1.165) is 4.47 Å². The van der Waals surface area contributed by atoms with Crippen LogP contribution in [-0.4, -0.2) is 11.0 Å². The summed E-state index contributed by atoms with van der Waals surface area (Å²) in [6, 6.07) is 11.5. The van der Waals surface area contributed by atoms with Crippen LogP contribution < -0.4 is 5.32 Å². The molecule has 20 heavy (non-hydrogen) atoms. The summed E-state index contributed by atoms with van der Waals surface area (Å²) in [5.41, 5.74) is 1.08. The van der Waals surface area contributed by atoms with Crippen molar-refractivity contribution >= 4 is 43.5 Å². The number of phenolic OH excluding ortho intramolecular Hbond substituents is 1. The molecule has 0 fully saturated rings. The third kappa shape index (κ3) is 3.18. The largest absolute Gasteiger partial charge is 0.507 e. The van der Waals surface area contributed by atoms with Crippen molar-refractivity contribution in [3.63, 3.8) is 0 Å². The van der Waals surface area contributed by atoms with Gasteiger partial charge in [0.25, 0.3) is 5.91 Å². The zero-order valence-corrected chi connectivity index (χ0v) is 13.2. The van der Waals surface area contributed by atoms with Gasteiger partial charge >= 0.3 is 0 Å². The number of rotatable bonds is 2. The van der Waals surface area contributed by atoms with Crippen LogP contribution in [-0.2, 0) is 0 Å². The molecule has 0 aliphatic carbocycles. The molecule has 0 atom stereocenters. The number of carbonyl (C=O) groups is 1. The third-order valence-electron chi connectivity index (χ3n) is 2.56. The Morgan fingerprint density at radius 3 is 2.60 bits per heavy atom. The molecular weight excluding hydrogens is 388 g/mol. The van der Waals surface area contributed by atoms with Crippen molar-refractivity contribution in [2.24, 2.45) is 0 Å². The molecule has 6 heteroatoms. The highest BCUT2D eigenvalue weighted by Crippen LogP contribution is 2.25. The SMILES string of the molecule is N#Cc1cc(Br)ccc1NC(=O)c1ccc(Br)c(O)c1. The molecule has 2 aromatic carbocycles. The Hall–Kier alpha value is -1.84. The normalized spacial score (nSPS) is 9.85. The summed E-state index contributed by atoms with van der Waals surface area (Å²) in [6.45, 7) is 0. The summed E-state index contributed by atoms with van der Waals surface area (Å²) in [7, 11) is 0. The number of anilines is 1. The first-order valence-corrected chi connectivity index (χ1v) is 7.09. The molecule has 0 saturated heterocycles. The third-order valence-corrected chi connectivity index (χ3v) is 3.72. The standard InChI is InChI=1S/C14H8Br2N2O2/c15-10-2-4-12(9(5-10)7-17)18-14(20)8-1-3-11(16)13(19)6-8/h1-6,19H,(H,18,20). The lowest BCUT2D eigenvalue weighted by molar-refractivity contribution is 0.102. The van der Waals surface area contributed by atoms with Crippen LogP contribution in [0.25, 0.3) is 0 Å². The number of nitrogens with zero attached hydrogens (tertiary/aromatic N) is 1. The van der Waals surface area contributed by atoms with E-state index >= 15 is 0 Å². The number of hydrogen-bond acceptors (Lipinski definition) is 3. The first-order chi connectivity index (χ1) is 9.51. The number of halogens is 2. The molecule has 0 radical (unpaired) electrons. The molecule has 0 aliphatic heterocycles. The van der Waals surface area contributed by atoms with Crippen molar-refractivity contribution in [1.82, 2.24) is 0 Å². The van der Waals surface area contributed by atoms with Crippen LogP contribution in [0.5, 0.6) is 5.75 Å². The van der Waals surface area contributed by atoms with Crippen LogP contribution >= 0.6 is 31.9 Å². The number of nitrogens with one attached hydrogen (secondary N) is 1. The van der Waals surface area contributed by atoms with Gasteiger partial charge in [-0.25, -0.2) is 0 Å². The van der Waals surface area contributed by atoms with E-state index < -0.39 is 5.91 Å². The van der Waals surface area contributed by atoms with Gasteiger partial charge in [0.05, 0.1) is 15.7 Å². The smallest absolute Gasteiger partial charge is 0.255 e. The lowest BCUT2D eigenvalue weighted by Gasteiger charge is -2.08. The minimum absolute atomic E-state index is 0.0195. The lowest BCUT2D eigenvalue weighted by atomic mass is 10.1. The van der Waals surface area contributed by atoms with Crippen LogP contribution in [0.4, 0.5) is 5.69 Å². The Morgan fingerprint density at radius 1 is 1.20 bits per heavy atom. The zero-order chi connectivity index (χ0) is 14.7. The van der Waals surface area contributed by atoms with Crippen molar-refractivity contribution in [2.75, 3.05) is 5.32 Å². The second-order valence-corrected chi connectivity index (χ2v) is 5.69. The monoisotopic (exact) mass is 394 g/mol. The number of aromatic hydroxyl groups is 1. The van der Waals surface area contributed by atoms with Crippen molar-refractivity contribution in [1.29, 1.82) is 5.26 Å². The molecule has 2 aromatic rings.